The Bertz CT molecular complexity index is 2330. The van der Waals surface area contributed by atoms with Crippen LogP contribution in [-0.4, -0.2) is 54.1 Å². The van der Waals surface area contributed by atoms with Crippen molar-refractivity contribution in [3.8, 4) is 0 Å². The molecule has 0 saturated carbocycles. The Morgan fingerprint density at radius 3 is 2.32 bits per heavy atom. The third kappa shape index (κ3) is 3.03. The second kappa shape index (κ2) is 8.70. The molecule has 4 atom stereocenters. The predicted octanol–water partition coefficient (Wildman–Crippen LogP) is 5.46. The zero-order valence-corrected chi connectivity index (χ0v) is 25.3. The van der Waals surface area contributed by atoms with Gasteiger partial charge < -0.3 is 23.9 Å². The van der Waals surface area contributed by atoms with Crippen LogP contribution in [0.4, 0.5) is 0 Å². The van der Waals surface area contributed by atoms with Gasteiger partial charge in [0, 0.05) is 48.7 Å². The Morgan fingerprint density at radius 2 is 1.59 bits per heavy atom. The van der Waals surface area contributed by atoms with Gasteiger partial charge in [-0.15, -0.1) is 0 Å². The minimum atomic E-state index is -3.87. The molecule has 1 fully saturated rings. The predicted molar refractivity (Wildman–Crippen MR) is 168 cm³/mol. The number of hydrogen-bond acceptors (Lipinski definition) is 5. The van der Waals surface area contributed by atoms with Gasteiger partial charge in [0.1, 0.15) is 12.3 Å². The second-order valence-electron chi connectivity index (χ2n) is 12.1. The van der Waals surface area contributed by atoms with E-state index in [1.165, 1.54) is 4.31 Å². The number of nitrogens with one attached hydrogen (secondary N) is 1. The molecule has 5 heterocycles. The number of para-hydroxylation sites is 2. The number of methoxy groups -OCH3 is 1. The Labute approximate surface area is 253 Å². The number of aromatic nitrogens is 2. The number of rotatable bonds is 4. The van der Waals surface area contributed by atoms with E-state index in [9.17, 15) is 13.2 Å². The Balaban J connectivity index is 1.43. The van der Waals surface area contributed by atoms with Crippen molar-refractivity contribution < 1.29 is 22.7 Å². The normalized spacial score (nSPS) is 24.5. The molecule has 44 heavy (non-hydrogen) atoms. The molecule has 9 rings (SSSR count). The zero-order chi connectivity index (χ0) is 30.1. The number of benzene rings is 4. The fraction of sp³-hybridized carbons (Fsp3) is 0.265. The van der Waals surface area contributed by atoms with Crippen molar-refractivity contribution >= 4 is 59.5 Å². The fourth-order valence-electron chi connectivity index (χ4n) is 8.31. The van der Waals surface area contributed by atoms with Gasteiger partial charge in [0.2, 0.25) is 10.0 Å². The molecule has 10 heteroatoms. The molecule has 1 N–H and O–H groups in total. The molecule has 0 spiro atoms. The summed E-state index contributed by atoms with van der Waals surface area (Å²) in [6.07, 6.45) is -0.866. The summed E-state index contributed by atoms with van der Waals surface area (Å²) >= 11 is 0. The number of carbonyl (C=O) groups excluding carboxylic acids is 1. The van der Waals surface area contributed by atoms with Gasteiger partial charge in [0.15, 0.2) is 5.72 Å². The first-order valence-electron chi connectivity index (χ1n) is 14.8. The van der Waals surface area contributed by atoms with Crippen molar-refractivity contribution in [2.45, 2.75) is 48.9 Å². The van der Waals surface area contributed by atoms with Crippen LogP contribution in [0.5, 0.6) is 0 Å². The molecule has 3 aliphatic rings. The first kappa shape index (κ1) is 26.2. The molecule has 4 aromatic carbocycles. The Morgan fingerprint density at radius 1 is 0.932 bits per heavy atom. The van der Waals surface area contributed by atoms with Gasteiger partial charge in [-0.3, -0.25) is 4.79 Å². The minimum Gasteiger partial charge on any atom is -0.375 e. The van der Waals surface area contributed by atoms with E-state index >= 15 is 0 Å². The molecule has 6 aromatic rings. The van der Waals surface area contributed by atoms with Crippen LogP contribution < -0.4 is 5.32 Å². The molecule has 0 aliphatic carbocycles. The van der Waals surface area contributed by atoms with E-state index in [-0.39, 0.29) is 10.8 Å². The number of ether oxygens (including phenoxy) is 2. The molecule has 3 aliphatic heterocycles. The number of nitrogens with zero attached hydrogens (tertiary/aromatic N) is 3. The highest BCUT2D eigenvalue weighted by Gasteiger charge is 2.55. The average Bonchev–Trinajstić information content (AvgIpc) is 3.68. The summed E-state index contributed by atoms with van der Waals surface area (Å²) in [6.45, 7) is 2.44. The highest BCUT2D eigenvalue weighted by Crippen LogP contribution is 2.54. The van der Waals surface area contributed by atoms with Crippen LogP contribution in [0, 0.1) is 0 Å². The van der Waals surface area contributed by atoms with Crippen molar-refractivity contribution in [1.29, 1.82) is 0 Å². The maximum Gasteiger partial charge on any atom is 0.252 e. The van der Waals surface area contributed by atoms with Crippen LogP contribution in [0.25, 0.3) is 43.6 Å². The Kier molecular flexibility index (Phi) is 5.18. The molecule has 2 unspecified atom stereocenters. The monoisotopic (exact) mass is 606 g/mol. The minimum absolute atomic E-state index is 0.0812. The number of hydrogen-bond donors (Lipinski definition) is 1. The van der Waals surface area contributed by atoms with E-state index in [0.29, 0.717) is 18.5 Å². The van der Waals surface area contributed by atoms with Gasteiger partial charge in [-0.2, -0.15) is 4.31 Å². The van der Waals surface area contributed by atoms with Gasteiger partial charge in [-0.1, -0.05) is 54.6 Å². The van der Waals surface area contributed by atoms with Gasteiger partial charge in [0.05, 0.1) is 38.6 Å². The van der Waals surface area contributed by atoms with Gasteiger partial charge in [-0.25, -0.2) is 8.42 Å². The standard InChI is InChI=1S/C34H30N4O5S/c1-34-32(42-3)25(36(2)44(40,41)19-11-5-4-6-12-19)17-26(43-34)37-23-15-9-7-13-20(23)28-29-22(18-35-33(29)39)27-21-14-8-10-16-24(21)38(34)31(27)30(28)37/h4-16,25-26,32H,17-18H2,1-3H3,(H,35,39)/t25-,26?,32?,34+/m1/s1. The molecule has 1 saturated heterocycles. The third-order valence-electron chi connectivity index (χ3n) is 10.1. The highest BCUT2D eigenvalue weighted by atomic mass is 32.2. The van der Waals surface area contributed by atoms with Crippen molar-refractivity contribution in [3.63, 3.8) is 0 Å². The summed E-state index contributed by atoms with van der Waals surface area (Å²) in [7, 11) is -0.608. The highest BCUT2D eigenvalue weighted by molar-refractivity contribution is 7.89. The summed E-state index contributed by atoms with van der Waals surface area (Å²) in [5.74, 6) is -0.0812. The summed E-state index contributed by atoms with van der Waals surface area (Å²) in [4.78, 5) is 13.8. The van der Waals surface area contributed by atoms with Crippen LogP contribution in [-0.2, 0) is 31.8 Å². The van der Waals surface area contributed by atoms with E-state index in [1.54, 1.807) is 44.5 Å². The van der Waals surface area contributed by atoms with E-state index in [1.807, 2.05) is 31.2 Å². The molecule has 222 valence electrons. The van der Waals surface area contributed by atoms with E-state index in [2.05, 4.69) is 38.7 Å². The topological polar surface area (TPSA) is 94.8 Å². The summed E-state index contributed by atoms with van der Waals surface area (Å²) in [5.41, 5.74) is 4.33. The molecular formula is C34H30N4O5S. The molecule has 2 aromatic heterocycles. The molecule has 2 bridgehead atoms. The first-order chi connectivity index (χ1) is 21.3. The maximum absolute atomic E-state index is 14.1. The summed E-state index contributed by atoms with van der Waals surface area (Å²) in [5, 5.41) is 7.00. The number of fused-ring (bicyclic) bond motifs is 13. The van der Waals surface area contributed by atoms with Crippen LogP contribution in [0.3, 0.4) is 0 Å². The van der Waals surface area contributed by atoms with Crippen LogP contribution in [0.15, 0.2) is 83.8 Å². The molecule has 9 nitrogen and oxygen atoms in total. The Hall–Kier alpha value is -4.22. The zero-order valence-electron chi connectivity index (χ0n) is 24.4. The second-order valence-corrected chi connectivity index (χ2v) is 14.1. The van der Waals surface area contributed by atoms with Crippen molar-refractivity contribution in [1.82, 2.24) is 18.8 Å². The quantitative estimate of drug-likeness (QED) is 0.288. The van der Waals surface area contributed by atoms with Crippen molar-refractivity contribution in [2.75, 3.05) is 14.2 Å². The lowest BCUT2D eigenvalue weighted by molar-refractivity contribution is -0.262. The maximum atomic E-state index is 14.1. The van der Waals surface area contributed by atoms with Crippen LogP contribution in [0.1, 0.15) is 35.5 Å². The number of sulfonamides is 1. The molecule has 1 amide bonds. The van der Waals surface area contributed by atoms with Gasteiger partial charge in [0.25, 0.3) is 5.91 Å². The molecule has 0 radical (unpaired) electrons. The molecular weight excluding hydrogens is 576 g/mol. The number of amides is 1. The lowest BCUT2D eigenvalue weighted by Gasteiger charge is -2.50. The number of likely N-dealkylation sites (N-methyl/N-ethyl adjacent to an activating group) is 1. The van der Waals surface area contributed by atoms with E-state index < -0.39 is 34.1 Å². The largest absolute Gasteiger partial charge is 0.375 e. The average molecular weight is 607 g/mol. The summed E-state index contributed by atoms with van der Waals surface area (Å²) < 4.78 is 47.5. The van der Waals surface area contributed by atoms with E-state index in [4.69, 9.17) is 9.47 Å². The van der Waals surface area contributed by atoms with Crippen LogP contribution in [0.2, 0.25) is 0 Å². The lowest BCUT2D eigenvalue weighted by atomic mass is 9.93. The fourth-order valence-corrected chi connectivity index (χ4v) is 9.69. The summed E-state index contributed by atoms with van der Waals surface area (Å²) in [6, 6.07) is 24.2. The van der Waals surface area contributed by atoms with Crippen molar-refractivity contribution in [2.24, 2.45) is 0 Å². The number of carbonyl (C=O) groups is 1. The van der Waals surface area contributed by atoms with Crippen molar-refractivity contribution in [3.05, 3.63) is 90.0 Å². The SMILES string of the molecule is COC1[C@H](N(C)S(=O)(=O)c2ccccc2)CC2O[C@]1(C)n1c3ccccc3c3c4c(c5c6ccccc6n2c5c31)C(=O)NC4. The first-order valence-corrected chi connectivity index (χ1v) is 16.2. The van der Waals surface area contributed by atoms with Crippen LogP contribution >= 0.6 is 0 Å². The van der Waals surface area contributed by atoms with Gasteiger partial charge in [-0.05, 0) is 36.8 Å². The van der Waals surface area contributed by atoms with Gasteiger partial charge >= 0.3 is 0 Å². The lowest BCUT2D eigenvalue weighted by Crippen LogP contribution is -2.61. The third-order valence-corrected chi connectivity index (χ3v) is 12.0. The van der Waals surface area contributed by atoms with E-state index in [0.717, 1.165) is 49.2 Å². The smallest absolute Gasteiger partial charge is 0.252 e.